The van der Waals surface area contributed by atoms with E-state index in [1.54, 1.807) is 16.7 Å². The standard InChI is InChI=1S/C21H23N3O2S2/c1-4-11-24-20(26)16-10-12-27-19(16)23-21(24)28-13-17(25)22-18-14(5-2)8-7-9-15(18)6-3/h4,7-10,12H,1,5-6,11,13H2,2-3H3,(H,22,25). The SMILES string of the molecule is C=CCn1c(SCC(=O)Nc2c(CC)cccc2CC)nc2sccc2c1=O. The van der Waals surface area contributed by atoms with E-state index in [1.807, 2.05) is 23.6 Å². The first-order chi connectivity index (χ1) is 13.6. The van der Waals surface area contributed by atoms with Crippen LogP contribution in [-0.2, 0) is 24.2 Å². The van der Waals surface area contributed by atoms with E-state index in [2.05, 4.69) is 30.7 Å². The van der Waals surface area contributed by atoms with Crippen LogP contribution in [0, 0.1) is 0 Å². The lowest BCUT2D eigenvalue weighted by Crippen LogP contribution is -2.23. The lowest BCUT2D eigenvalue weighted by Gasteiger charge is -2.15. The van der Waals surface area contributed by atoms with Gasteiger partial charge in [-0.3, -0.25) is 14.2 Å². The van der Waals surface area contributed by atoms with Gasteiger partial charge in [0.05, 0.1) is 11.1 Å². The highest BCUT2D eigenvalue weighted by molar-refractivity contribution is 7.99. The zero-order chi connectivity index (χ0) is 20.1. The average Bonchev–Trinajstić information content (AvgIpc) is 3.18. The van der Waals surface area contributed by atoms with Crippen LogP contribution in [0.4, 0.5) is 5.69 Å². The zero-order valence-corrected chi connectivity index (χ0v) is 17.7. The highest BCUT2D eigenvalue weighted by Crippen LogP contribution is 2.24. The number of aromatic nitrogens is 2. The van der Waals surface area contributed by atoms with E-state index >= 15 is 0 Å². The highest BCUT2D eigenvalue weighted by Gasteiger charge is 2.15. The first-order valence-corrected chi connectivity index (χ1v) is 11.1. The second kappa shape index (κ2) is 9.21. The molecule has 1 N–H and O–H groups in total. The Kier molecular flexibility index (Phi) is 6.70. The molecule has 7 heteroatoms. The maximum atomic E-state index is 12.7. The van der Waals surface area contributed by atoms with Gasteiger partial charge in [-0.25, -0.2) is 4.98 Å². The Morgan fingerprint density at radius 2 is 2.00 bits per heavy atom. The molecule has 3 rings (SSSR count). The molecule has 0 fully saturated rings. The number of carbonyl (C=O) groups is 1. The molecule has 3 aromatic rings. The number of hydrogen-bond donors (Lipinski definition) is 1. The van der Waals surface area contributed by atoms with Crippen molar-refractivity contribution >= 4 is 44.9 Å². The summed E-state index contributed by atoms with van der Waals surface area (Å²) in [5, 5.41) is 6.05. The minimum Gasteiger partial charge on any atom is -0.325 e. The molecule has 28 heavy (non-hydrogen) atoms. The number of amides is 1. The van der Waals surface area contributed by atoms with Crippen LogP contribution >= 0.6 is 23.1 Å². The summed E-state index contributed by atoms with van der Waals surface area (Å²) in [5.41, 5.74) is 3.06. The van der Waals surface area contributed by atoms with Crippen LogP contribution in [0.25, 0.3) is 10.2 Å². The molecule has 2 heterocycles. The quantitative estimate of drug-likeness (QED) is 0.335. The van der Waals surface area contributed by atoms with Crippen molar-refractivity contribution in [3.05, 3.63) is 63.8 Å². The Balaban J connectivity index is 1.81. The molecule has 0 radical (unpaired) electrons. The molecule has 1 aromatic carbocycles. The number of para-hydroxylation sites is 1. The summed E-state index contributed by atoms with van der Waals surface area (Å²) in [6.45, 7) is 8.24. The average molecular weight is 414 g/mol. The fraction of sp³-hybridized carbons (Fsp3) is 0.286. The van der Waals surface area contributed by atoms with Gasteiger partial charge in [0, 0.05) is 12.2 Å². The van der Waals surface area contributed by atoms with Crippen molar-refractivity contribution in [3.63, 3.8) is 0 Å². The van der Waals surface area contributed by atoms with Crippen LogP contribution in [0.2, 0.25) is 0 Å². The molecule has 146 valence electrons. The number of carbonyl (C=O) groups excluding carboxylic acids is 1. The topological polar surface area (TPSA) is 64.0 Å². The molecule has 0 aliphatic rings. The Labute approximate surface area is 172 Å². The number of benzene rings is 1. The van der Waals surface area contributed by atoms with Gasteiger partial charge in [-0.1, -0.05) is 49.9 Å². The number of aryl methyl sites for hydroxylation is 2. The molecular formula is C21H23N3O2S2. The van der Waals surface area contributed by atoms with Gasteiger partial charge in [-0.2, -0.15) is 0 Å². The van der Waals surface area contributed by atoms with Crippen LogP contribution in [0.1, 0.15) is 25.0 Å². The minimum absolute atomic E-state index is 0.0985. The van der Waals surface area contributed by atoms with E-state index in [4.69, 9.17) is 0 Å². The lowest BCUT2D eigenvalue weighted by atomic mass is 10.0. The molecule has 0 aliphatic carbocycles. The van der Waals surface area contributed by atoms with Crippen molar-refractivity contribution < 1.29 is 4.79 Å². The van der Waals surface area contributed by atoms with Gasteiger partial charge in [-0.15, -0.1) is 17.9 Å². The molecule has 0 saturated carbocycles. The minimum atomic E-state index is -0.105. The summed E-state index contributed by atoms with van der Waals surface area (Å²) in [4.78, 5) is 30.6. The second-order valence-electron chi connectivity index (χ2n) is 6.23. The van der Waals surface area contributed by atoms with Gasteiger partial charge in [0.1, 0.15) is 4.83 Å². The van der Waals surface area contributed by atoms with Gasteiger partial charge >= 0.3 is 0 Å². The van der Waals surface area contributed by atoms with Crippen LogP contribution in [0.15, 0.2) is 52.3 Å². The Morgan fingerprint density at radius 1 is 1.29 bits per heavy atom. The molecule has 0 aliphatic heterocycles. The van der Waals surface area contributed by atoms with E-state index in [1.165, 1.54) is 23.1 Å². The van der Waals surface area contributed by atoms with Crippen LogP contribution in [0.3, 0.4) is 0 Å². The molecule has 0 unspecified atom stereocenters. The molecule has 5 nitrogen and oxygen atoms in total. The summed E-state index contributed by atoms with van der Waals surface area (Å²) in [5.74, 6) is 0.0769. The summed E-state index contributed by atoms with van der Waals surface area (Å²) in [7, 11) is 0. The predicted octanol–water partition coefficient (Wildman–Crippen LogP) is 4.50. The third-order valence-electron chi connectivity index (χ3n) is 4.46. The van der Waals surface area contributed by atoms with Crippen molar-refractivity contribution in [3.8, 4) is 0 Å². The lowest BCUT2D eigenvalue weighted by molar-refractivity contribution is -0.113. The molecule has 0 atom stereocenters. The van der Waals surface area contributed by atoms with E-state index in [0.29, 0.717) is 21.9 Å². The largest absolute Gasteiger partial charge is 0.325 e. The maximum Gasteiger partial charge on any atom is 0.263 e. The number of rotatable bonds is 8. The molecular weight excluding hydrogens is 390 g/mol. The van der Waals surface area contributed by atoms with Crippen molar-refractivity contribution in [2.45, 2.75) is 38.4 Å². The number of allylic oxidation sites excluding steroid dienone is 1. The van der Waals surface area contributed by atoms with E-state index < -0.39 is 0 Å². The second-order valence-corrected chi connectivity index (χ2v) is 8.07. The molecule has 0 saturated heterocycles. The van der Waals surface area contributed by atoms with Gasteiger partial charge in [0.25, 0.3) is 5.56 Å². The smallest absolute Gasteiger partial charge is 0.263 e. The van der Waals surface area contributed by atoms with Crippen LogP contribution in [-0.4, -0.2) is 21.2 Å². The Bertz CT molecular complexity index is 1050. The maximum absolute atomic E-state index is 12.7. The summed E-state index contributed by atoms with van der Waals surface area (Å²) >= 11 is 2.70. The first-order valence-electron chi connectivity index (χ1n) is 9.21. The number of thiophene rings is 1. The van der Waals surface area contributed by atoms with Gasteiger partial charge < -0.3 is 5.32 Å². The summed E-state index contributed by atoms with van der Waals surface area (Å²) in [6.07, 6.45) is 3.37. The number of anilines is 1. The molecule has 2 aromatic heterocycles. The monoisotopic (exact) mass is 413 g/mol. The fourth-order valence-corrected chi connectivity index (χ4v) is 4.65. The molecule has 0 bridgehead atoms. The first kappa shape index (κ1) is 20.4. The number of hydrogen-bond acceptors (Lipinski definition) is 5. The number of nitrogens with zero attached hydrogens (tertiary/aromatic N) is 2. The predicted molar refractivity (Wildman–Crippen MR) is 119 cm³/mol. The highest BCUT2D eigenvalue weighted by atomic mass is 32.2. The van der Waals surface area contributed by atoms with Crippen molar-refractivity contribution in [2.24, 2.45) is 0 Å². The van der Waals surface area contributed by atoms with Crippen molar-refractivity contribution in [1.29, 1.82) is 0 Å². The van der Waals surface area contributed by atoms with E-state index in [9.17, 15) is 9.59 Å². The summed E-state index contributed by atoms with van der Waals surface area (Å²) < 4.78 is 1.57. The Morgan fingerprint density at radius 3 is 2.64 bits per heavy atom. The van der Waals surface area contributed by atoms with Gasteiger partial charge in [0.2, 0.25) is 5.91 Å². The van der Waals surface area contributed by atoms with Crippen molar-refractivity contribution in [2.75, 3.05) is 11.1 Å². The van der Waals surface area contributed by atoms with E-state index in [0.717, 1.165) is 29.7 Å². The number of thioether (sulfide) groups is 1. The molecule has 1 amide bonds. The molecule has 0 spiro atoms. The fourth-order valence-electron chi connectivity index (χ4n) is 3.04. The van der Waals surface area contributed by atoms with Crippen LogP contribution < -0.4 is 10.9 Å². The third kappa shape index (κ3) is 4.20. The number of fused-ring (bicyclic) bond motifs is 1. The van der Waals surface area contributed by atoms with Gasteiger partial charge in [0.15, 0.2) is 5.16 Å². The Hall–Kier alpha value is -2.38. The third-order valence-corrected chi connectivity index (χ3v) is 6.24. The van der Waals surface area contributed by atoms with E-state index in [-0.39, 0.29) is 17.2 Å². The van der Waals surface area contributed by atoms with Crippen molar-refractivity contribution in [1.82, 2.24) is 9.55 Å². The van der Waals surface area contributed by atoms with Crippen LogP contribution in [0.5, 0.6) is 0 Å². The number of nitrogens with one attached hydrogen (secondary N) is 1. The zero-order valence-electron chi connectivity index (χ0n) is 16.0. The summed E-state index contributed by atoms with van der Waals surface area (Å²) in [6, 6.07) is 7.88. The normalized spacial score (nSPS) is 10.9. The van der Waals surface area contributed by atoms with Gasteiger partial charge in [-0.05, 0) is 35.4 Å².